The van der Waals surface area contributed by atoms with Crippen molar-refractivity contribution < 1.29 is 23.0 Å². The Kier molecular flexibility index (Phi) is 5.19. The van der Waals surface area contributed by atoms with Gasteiger partial charge in [0.15, 0.2) is 5.60 Å². The number of hydrogen-bond acceptors (Lipinski definition) is 4. The lowest BCUT2D eigenvalue weighted by Gasteiger charge is -2.37. The van der Waals surface area contributed by atoms with Crippen molar-refractivity contribution in [2.45, 2.75) is 37.6 Å². The summed E-state index contributed by atoms with van der Waals surface area (Å²) in [6, 6.07) is 1.65. The van der Waals surface area contributed by atoms with Gasteiger partial charge in [-0.1, -0.05) is 11.6 Å². The van der Waals surface area contributed by atoms with Crippen molar-refractivity contribution in [2.75, 3.05) is 19.6 Å². The molecule has 1 aliphatic heterocycles. The van der Waals surface area contributed by atoms with E-state index in [-0.39, 0.29) is 6.10 Å². The van der Waals surface area contributed by atoms with E-state index in [4.69, 9.17) is 16.3 Å². The molecule has 4 nitrogen and oxygen atoms in total. The second-order valence-electron chi connectivity index (χ2n) is 5.70. The molecule has 2 rings (SSSR count). The van der Waals surface area contributed by atoms with Crippen LogP contribution in [0.5, 0.6) is 5.75 Å². The minimum Gasteiger partial charge on any atom is -0.489 e. The van der Waals surface area contributed by atoms with Gasteiger partial charge >= 0.3 is 6.18 Å². The Labute approximate surface area is 131 Å². The Hall–Kier alpha value is -1.05. The number of ether oxygens (including phenoxy) is 1. The molecule has 0 amide bonds. The quantitative estimate of drug-likeness (QED) is 0.917. The number of β-amino-alcohol motifs (C(OH)–C–C–N with tert-alkyl or cyclic N) is 1. The summed E-state index contributed by atoms with van der Waals surface area (Å²) in [5.41, 5.74) is -2.70. The van der Waals surface area contributed by atoms with E-state index in [1.54, 1.807) is 17.2 Å². The lowest BCUT2D eigenvalue weighted by molar-refractivity contribution is -0.258. The summed E-state index contributed by atoms with van der Waals surface area (Å²) in [7, 11) is 0. The van der Waals surface area contributed by atoms with Crippen molar-refractivity contribution in [1.82, 2.24) is 9.88 Å². The molecule has 1 aliphatic rings. The Morgan fingerprint density at radius 3 is 2.55 bits per heavy atom. The molecule has 0 radical (unpaired) electrons. The smallest absolute Gasteiger partial charge is 0.418 e. The molecule has 8 heteroatoms. The lowest BCUT2D eigenvalue weighted by atomic mass is 10.0. The number of hydrogen-bond donors (Lipinski definition) is 1. The Morgan fingerprint density at radius 1 is 1.36 bits per heavy atom. The van der Waals surface area contributed by atoms with Crippen LogP contribution in [0, 0.1) is 0 Å². The topological polar surface area (TPSA) is 45.6 Å². The predicted molar refractivity (Wildman–Crippen MR) is 76.0 cm³/mol. The highest BCUT2D eigenvalue weighted by Gasteiger charge is 2.50. The fraction of sp³-hybridized carbons (Fsp3) is 0.643. The third kappa shape index (κ3) is 4.47. The van der Waals surface area contributed by atoms with Gasteiger partial charge in [0.2, 0.25) is 0 Å². The zero-order chi connectivity index (χ0) is 16.4. The van der Waals surface area contributed by atoms with Gasteiger partial charge in [-0.05, 0) is 19.8 Å². The van der Waals surface area contributed by atoms with Crippen molar-refractivity contribution >= 4 is 11.6 Å². The molecule has 22 heavy (non-hydrogen) atoms. The van der Waals surface area contributed by atoms with E-state index >= 15 is 0 Å². The van der Waals surface area contributed by atoms with Gasteiger partial charge in [-0.3, -0.25) is 9.88 Å². The molecule has 0 aromatic carbocycles. The van der Waals surface area contributed by atoms with Crippen LogP contribution in [0.25, 0.3) is 0 Å². The van der Waals surface area contributed by atoms with Gasteiger partial charge in [0.1, 0.15) is 11.9 Å². The van der Waals surface area contributed by atoms with Crippen LogP contribution in [0.2, 0.25) is 5.02 Å². The second kappa shape index (κ2) is 6.60. The molecular formula is C14H18ClF3N2O2. The van der Waals surface area contributed by atoms with Gasteiger partial charge < -0.3 is 9.84 Å². The third-order valence-electron chi connectivity index (χ3n) is 3.66. The average molecular weight is 339 g/mol. The fourth-order valence-corrected chi connectivity index (χ4v) is 2.52. The molecule has 1 unspecified atom stereocenters. The minimum absolute atomic E-state index is 0.0904. The first-order valence-corrected chi connectivity index (χ1v) is 7.34. The Bertz CT molecular complexity index is 503. The predicted octanol–water partition coefficient (Wildman–Crippen LogP) is 2.89. The molecule has 1 fully saturated rings. The summed E-state index contributed by atoms with van der Waals surface area (Å²) in [5.74, 6) is 0.549. The van der Waals surface area contributed by atoms with Crippen molar-refractivity contribution in [3.63, 3.8) is 0 Å². The summed E-state index contributed by atoms with van der Waals surface area (Å²) in [6.07, 6.45) is -0.510. The number of alkyl halides is 3. The largest absolute Gasteiger partial charge is 0.489 e. The number of aliphatic hydroxyl groups is 1. The molecule has 1 atom stereocenters. The monoisotopic (exact) mass is 338 g/mol. The van der Waals surface area contributed by atoms with Crippen LogP contribution >= 0.6 is 11.6 Å². The highest BCUT2D eigenvalue weighted by atomic mass is 35.5. The van der Waals surface area contributed by atoms with E-state index in [0.29, 0.717) is 36.7 Å². The Balaban J connectivity index is 1.83. The van der Waals surface area contributed by atoms with Gasteiger partial charge in [-0.2, -0.15) is 13.2 Å². The highest BCUT2D eigenvalue weighted by Crippen LogP contribution is 2.31. The van der Waals surface area contributed by atoms with E-state index in [9.17, 15) is 18.3 Å². The molecular weight excluding hydrogens is 321 g/mol. The lowest BCUT2D eigenvalue weighted by Crippen LogP contribution is -2.53. The summed E-state index contributed by atoms with van der Waals surface area (Å²) in [4.78, 5) is 5.52. The summed E-state index contributed by atoms with van der Waals surface area (Å²) in [5, 5.41) is 9.98. The molecule has 1 aromatic heterocycles. The number of halogens is 4. The maximum atomic E-state index is 12.7. The number of piperidine rings is 1. The first-order chi connectivity index (χ1) is 10.2. The second-order valence-corrected chi connectivity index (χ2v) is 6.14. The first kappa shape index (κ1) is 17.3. The van der Waals surface area contributed by atoms with E-state index < -0.39 is 18.3 Å². The van der Waals surface area contributed by atoms with Crippen LogP contribution in [-0.4, -0.2) is 52.5 Å². The van der Waals surface area contributed by atoms with E-state index in [1.165, 1.54) is 6.20 Å². The molecule has 0 aliphatic carbocycles. The zero-order valence-electron chi connectivity index (χ0n) is 12.1. The average Bonchev–Trinajstić information content (AvgIpc) is 2.39. The van der Waals surface area contributed by atoms with Gasteiger partial charge in [-0.15, -0.1) is 0 Å². The molecule has 1 saturated heterocycles. The zero-order valence-corrected chi connectivity index (χ0v) is 12.9. The minimum atomic E-state index is -4.63. The first-order valence-electron chi connectivity index (χ1n) is 6.96. The van der Waals surface area contributed by atoms with Gasteiger partial charge in [0.05, 0.1) is 11.2 Å². The van der Waals surface area contributed by atoms with E-state index in [1.807, 2.05) is 0 Å². The van der Waals surface area contributed by atoms with Gasteiger partial charge in [-0.25, -0.2) is 0 Å². The van der Waals surface area contributed by atoms with Crippen molar-refractivity contribution in [3.05, 3.63) is 23.5 Å². The SMILES string of the molecule is CC(O)(CN1CCC(Oc2cncc(Cl)c2)CC1)C(F)(F)F. The molecule has 0 bridgehead atoms. The number of pyridine rings is 1. The molecule has 124 valence electrons. The van der Waals surface area contributed by atoms with Gasteiger partial charge in [0, 0.05) is 31.9 Å². The fourth-order valence-electron chi connectivity index (χ4n) is 2.36. The normalized spacial score (nSPS) is 20.6. The van der Waals surface area contributed by atoms with Crippen LogP contribution in [0.15, 0.2) is 18.5 Å². The number of nitrogens with zero attached hydrogens (tertiary/aromatic N) is 2. The maximum absolute atomic E-state index is 12.7. The van der Waals surface area contributed by atoms with Crippen molar-refractivity contribution in [3.8, 4) is 5.75 Å². The number of aromatic nitrogens is 1. The Morgan fingerprint density at radius 2 is 2.00 bits per heavy atom. The highest BCUT2D eigenvalue weighted by molar-refractivity contribution is 6.30. The van der Waals surface area contributed by atoms with E-state index in [2.05, 4.69) is 4.98 Å². The summed E-state index contributed by atoms with van der Waals surface area (Å²) < 4.78 is 43.7. The molecule has 1 aromatic rings. The van der Waals surface area contributed by atoms with Crippen LogP contribution in [-0.2, 0) is 0 Å². The van der Waals surface area contributed by atoms with Crippen LogP contribution < -0.4 is 4.74 Å². The standard InChI is InChI=1S/C14H18ClF3N2O2/c1-13(21,14(16,17)18)9-20-4-2-11(3-5-20)22-12-6-10(15)7-19-8-12/h6-8,11,21H,2-5,9H2,1H3. The maximum Gasteiger partial charge on any atom is 0.418 e. The number of likely N-dealkylation sites (tertiary alicyclic amines) is 1. The molecule has 2 heterocycles. The van der Waals surface area contributed by atoms with Crippen LogP contribution in [0.4, 0.5) is 13.2 Å². The van der Waals surface area contributed by atoms with Gasteiger partial charge in [0.25, 0.3) is 0 Å². The van der Waals surface area contributed by atoms with E-state index in [0.717, 1.165) is 6.92 Å². The van der Waals surface area contributed by atoms with Crippen molar-refractivity contribution in [2.24, 2.45) is 0 Å². The van der Waals surface area contributed by atoms with Crippen molar-refractivity contribution in [1.29, 1.82) is 0 Å². The molecule has 1 N–H and O–H groups in total. The molecule has 0 saturated carbocycles. The van der Waals surface area contributed by atoms with Crippen LogP contribution in [0.3, 0.4) is 0 Å². The third-order valence-corrected chi connectivity index (χ3v) is 3.87. The molecule has 0 spiro atoms. The van der Waals surface area contributed by atoms with Crippen LogP contribution in [0.1, 0.15) is 19.8 Å². The summed E-state index contributed by atoms with van der Waals surface area (Å²) in [6.45, 7) is 1.24. The number of rotatable bonds is 4. The summed E-state index contributed by atoms with van der Waals surface area (Å²) >= 11 is 5.82.